The molecule has 0 saturated carbocycles. The van der Waals surface area contributed by atoms with E-state index in [2.05, 4.69) is 31.0 Å². The lowest BCUT2D eigenvalue weighted by Gasteiger charge is -2.25. The molecule has 0 aliphatic carbocycles. The van der Waals surface area contributed by atoms with E-state index in [0.717, 1.165) is 11.5 Å². The fraction of sp³-hybridized carbons (Fsp3) is 0.714. The quantitative estimate of drug-likeness (QED) is 0.910. The van der Waals surface area contributed by atoms with E-state index in [1.165, 1.54) is 0 Å². The Labute approximate surface area is 121 Å². The fourth-order valence-electron chi connectivity index (χ4n) is 2.08. The summed E-state index contributed by atoms with van der Waals surface area (Å²) in [7, 11) is -2.81. The maximum absolute atomic E-state index is 11.4. The fourth-order valence-corrected chi connectivity index (χ4v) is 3.36. The van der Waals surface area contributed by atoms with Crippen LogP contribution in [0.5, 0.6) is 0 Å². The van der Waals surface area contributed by atoms with Crippen LogP contribution < -0.4 is 5.32 Å². The first-order chi connectivity index (χ1) is 9.23. The molecular formula is C14H24N2O3S. The number of nitrogens with one attached hydrogen (secondary N) is 1. The zero-order chi connectivity index (χ0) is 14.8. The van der Waals surface area contributed by atoms with Crippen molar-refractivity contribution in [1.82, 2.24) is 10.2 Å². The third-order valence-electron chi connectivity index (χ3n) is 3.33. The highest BCUT2D eigenvalue weighted by molar-refractivity contribution is 7.91. The predicted molar refractivity (Wildman–Crippen MR) is 79.2 cm³/mol. The molecule has 6 heteroatoms. The molecular weight excluding hydrogens is 276 g/mol. The standard InChI is InChI=1S/C14H24N2O3S/c1-14(2,3)15-10-12-4-5-13(19-12)11-16-6-8-20(17,18)9-7-16/h4-5,15H,6-11H2,1-3H3. The normalized spacial score (nSPS) is 20.1. The van der Waals surface area contributed by atoms with E-state index in [1.54, 1.807) is 0 Å². The van der Waals surface area contributed by atoms with Crippen LogP contribution in [-0.2, 0) is 22.9 Å². The van der Waals surface area contributed by atoms with Gasteiger partial charge in [-0.2, -0.15) is 0 Å². The van der Waals surface area contributed by atoms with Crippen molar-refractivity contribution in [2.75, 3.05) is 24.6 Å². The number of hydrogen-bond acceptors (Lipinski definition) is 5. The minimum absolute atomic E-state index is 0.0637. The summed E-state index contributed by atoms with van der Waals surface area (Å²) < 4.78 is 28.5. The zero-order valence-electron chi connectivity index (χ0n) is 12.5. The second-order valence-electron chi connectivity index (χ2n) is 6.40. The third kappa shape index (κ3) is 4.92. The van der Waals surface area contributed by atoms with Gasteiger partial charge >= 0.3 is 0 Å². The summed E-state index contributed by atoms with van der Waals surface area (Å²) in [6.07, 6.45) is 0. The van der Waals surface area contributed by atoms with Crippen LogP contribution in [-0.4, -0.2) is 43.5 Å². The molecule has 0 spiro atoms. The molecule has 0 radical (unpaired) electrons. The molecule has 2 heterocycles. The molecule has 1 N–H and O–H groups in total. The van der Waals surface area contributed by atoms with Gasteiger partial charge in [0.05, 0.1) is 24.6 Å². The van der Waals surface area contributed by atoms with Crippen molar-refractivity contribution in [2.24, 2.45) is 0 Å². The first-order valence-corrected chi connectivity index (χ1v) is 8.81. The van der Waals surface area contributed by atoms with E-state index < -0.39 is 9.84 Å². The minimum atomic E-state index is -2.81. The number of nitrogens with zero attached hydrogens (tertiary/aromatic N) is 1. The molecule has 0 bridgehead atoms. The molecule has 1 saturated heterocycles. The molecule has 0 aromatic carbocycles. The van der Waals surface area contributed by atoms with Gasteiger partial charge in [-0.25, -0.2) is 8.42 Å². The lowest BCUT2D eigenvalue weighted by molar-refractivity contribution is 0.257. The van der Waals surface area contributed by atoms with Crippen LogP contribution in [0, 0.1) is 0 Å². The molecule has 2 rings (SSSR count). The van der Waals surface area contributed by atoms with Gasteiger partial charge in [-0.3, -0.25) is 4.90 Å². The van der Waals surface area contributed by atoms with Gasteiger partial charge in [0, 0.05) is 18.6 Å². The van der Waals surface area contributed by atoms with Crippen LogP contribution in [0.2, 0.25) is 0 Å². The lowest BCUT2D eigenvalue weighted by Crippen LogP contribution is -2.39. The maximum Gasteiger partial charge on any atom is 0.152 e. The van der Waals surface area contributed by atoms with E-state index in [9.17, 15) is 8.42 Å². The van der Waals surface area contributed by atoms with Crippen LogP contribution in [0.1, 0.15) is 32.3 Å². The zero-order valence-corrected chi connectivity index (χ0v) is 13.3. The SMILES string of the molecule is CC(C)(C)NCc1ccc(CN2CCS(=O)(=O)CC2)o1. The van der Waals surface area contributed by atoms with Gasteiger partial charge in [0.2, 0.25) is 0 Å². The molecule has 1 aromatic heterocycles. The van der Waals surface area contributed by atoms with E-state index >= 15 is 0 Å². The molecule has 0 amide bonds. The number of rotatable bonds is 4. The average Bonchev–Trinajstić information content (AvgIpc) is 2.76. The Kier molecular flexibility index (Phi) is 4.56. The second kappa shape index (κ2) is 5.87. The van der Waals surface area contributed by atoms with Gasteiger partial charge in [0.15, 0.2) is 9.84 Å². The number of hydrogen-bond donors (Lipinski definition) is 1. The lowest BCUT2D eigenvalue weighted by atomic mass is 10.1. The molecule has 1 fully saturated rings. The highest BCUT2D eigenvalue weighted by atomic mass is 32.2. The molecule has 1 aromatic rings. The van der Waals surface area contributed by atoms with E-state index in [1.807, 2.05) is 12.1 Å². The predicted octanol–water partition coefficient (Wildman–Crippen LogP) is 1.40. The van der Waals surface area contributed by atoms with Gasteiger partial charge in [-0.15, -0.1) is 0 Å². The summed E-state index contributed by atoms with van der Waals surface area (Å²) in [6.45, 7) is 8.93. The van der Waals surface area contributed by atoms with E-state index in [4.69, 9.17) is 4.42 Å². The highest BCUT2D eigenvalue weighted by Gasteiger charge is 2.22. The van der Waals surface area contributed by atoms with Gasteiger partial charge in [0.25, 0.3) is 0 Å². The Hall–Kier alpha value is -0.850. The van der Waals surface area contributed by atoms with Crippen molar-refractivity contribution in [3.63, 3.8) is 0 Å². The summed E-state index contributed by atoms with van der Waals surface area (Å²) >= 11 is 0. The Morgan fingerprint density at radius 2 is 1.80 bits per heavy atom. The van der Waals surface area contributed by atoms with Gasteiger partial charge in [0.1, 0.15) is 11.5 Å². The summed E-state index contributed by atoms with van der Waals surface area (Å²) in [5, 5.41) is 3.38. The van der Waals surface area contributed by atoms with E-state index in [-0.39, 0.29) is 17.0 Å². The topological polar surface area (TPSA) is 62.6 Å². The van der Waals surface area contributed by atoms with Crippen LogP contribution in [0.4, 0.5) is 0 Å². The van der Waals surface area contributed by atoms with E-state index in [0.29, 0.717) is 26.2 Å². The minimum Gasteiger partial charge on any atom is -0.463 e. The molecule has 1 aliphatic heterocycles. The first-order valence-electron chi connectivity index (χ1n) is 6.99. The van der Waals surface area contributed by atoms with Crippen LogP contribution in [0.3, 0.4) is 0 Å². The van der Waals surface area contributed by atoms with Gasteiger partial charge < -0.3 is 9.73 Å². The monoisotopic (exact) mass is 300 g/mol. The van der Waals surface area contributed by atoms with Crippen molar-refractivity contribution in [3.05, 3.63) is 23.7 Å². The van der Waals surface area contributed by atoms with Gasteiger partial charge in [-0.1, -0.05) is 0 Å². The van der Waals surface area contributed by atoms with Crippen LogP contribution in [0.15, 0.2) is 16.5 Å². The van der Waals surface area contributed by atoms with Crippen molar-refractivity contribution >= 4 is 9.84 Å². The second-order valence-corrected chi connectivity index (χ2v) is 8.70. The smallest absolute Gasteiger partial charge is 0.152 e. The Balaban J connectivity index is 1.84. The molecule has 1 aliphatic rings. The summed E-state index contributed by atoms with van der Waals surface area (Å²) in [5.74, 6) is 2.33. The van der Waals surface area contributed by atoms with Crippen LogP contribution >= 0.6 is 0 Å². The van der Waals surface area contributed by atoms with Gasteiger partial charge in [-0.05, 0) is 32.9 Å². The molecule has 114 valence electrons. The Bertz CT molecular complexity index is 529. The molecule has 20 heavy (non-hydrogen) atoms. The molecule has 5 nitrogen and oxygen atoms in total. The third-order valence-corrected chi connectivity index (χ3v) is 4.94. The Morgan fingerprint density at radius 1 is 1.20 bits per heavy atom. The first kappa shape index (κ1) is 15.5. The summed E-state index contributed by atoms with van der Waals surface area (Å²) in [5.41, 5.74) is 0.0637. The van der Waals surface area contributed by atoms with Crippen molar-refractivity contribution in [1.29, 1.82) is 0 Å². The van der Waals surface area contributed by atoms with Crippen LogP contribution in [0.25, 0.3) is 0 Å². The Morgan fingerprint density at radius 3 is 2.40 bits per heavy atom. The summed E-state index contributed by atoms with van der Waals surface area (Å²) in [6, 6.07) is 3.96. The largest absolute Gasteiger partial charge is 0.463 e. The number of sulfone groups is 1. The molecule has 0 unspecified atom stereocenters. The van der Waals surface area contributed by atoms with Crippen molar-refractivity contribution in [2.45, 2.75) is 39.4 Å². The number of furan rings is 1. The average molecular weight is 300 g/mol. The maximum atomic E-state index is 11.4. The highest BCUT2D eigenvalue weighted by Crippen LogP contribution is 2.14. The van der Waals surface area contributed by atoms with Crippen molar-refractivity contribution < 1.29 is 12.8 Å². The van der Waals surface area contributed by atoms with Crippen molar-refractivity contribution in [3.8, 4) is 0 Å². The molecule has 0 atom stereocenters. The summed E-state index contributed by atoms with van der Waals surface area (Å²) in [4.78, 5) is 2.13.